The number of nitrogens with zero attached hydrogens (tertiary/aromatic N) is 1. The van der Waals surface area contributed by atoms with Crippen molar-refractivity contribution in [3.8, 4) is 11.5 Å². The fourth-order valence-corrected chi connectivity index (χ4v) is 1.62. The normalized spacial score (nSPS) is 14.3. The Morgan fingerprint density at radius 1 is 1.00 bits per heavy atom. The topological polar surface area (TPSA) is 31.4 Å². The average molecular weight is 187 g/mol. The van der Waals surface area contributed by atoms with E-state index in [0.717, 1.165) is 22.3 Å². The molecule has 0 atom stereocenters. The minimum atomic E-state index is 0.624. The summed E-state index contributed by atoms with van der Waals surface area (Å²) in [4.78, 5) is 4.07. The zero-order valence-electron chi connectivity index (χ0n) is 7.56. The highest BCUT2D eigenvalue weighted by atomic mass is 16.6. The molecule has 0 fully saturated rings. The first-order valence-corrected chi connectivity index (χ1v) is 4.57. The molecule has 0 spiro atoms. The number of hydrogen-bond donors (Lipinski definition) is 0. The Bertz CT molecular complexity index is 437. The van der Waals surface area contributed by atoms with Gasteiger partial charge in [-0.1, -0.05) is 0 Å². The molecule has 0 aliphatic carbocycles. The Balaban J connectivity index is 2.27. The minimum absolute atomic E-state index is 0.624. The first kappa shape index (κ1) is 7.62. The molecule has 2 heterocycles. The lowest BCUT2D eigenvalue weighted by Crippen LogP contribution is -2.15. The van der Waals surface area contributed by atoms with Crippen LogP contribution >= 0.6 is 0 Å². The van der Waals surface area contributed by atoms with Gasteiger partial charge in [0.2, 0.25) is 0 Å². The highest BCUT2D eigenvalue weighted by Crippen LogP contribution is 2.33. The molecule has 1 aliphatic heterocycles. The molecule has 3 rings (SSSR count). The van der Waals surface area contributed by atoms with Crippen molar-refractivity contribution in [3.63, 3.8) is 0 Å². The Hall–Kier alpha value is -1.77. The van der Waals surface area contributed by atoms with Gasteiger partial charge in [0, 0.05) is 17.8 Å². The summed E-state index contributed by atoms with van der Waals surface area (Å²) in [5.41, 5.74) is 0. The SMILES string of the molecule is c1cc2cc3c(cc2cn1)OCCO3. The summed E-state index contributed by atoms with van der Waals surface area (Å²) >= 11 is 0. The van der Waals surface area contributed by atoms with Crippen molar-refractivity contribution >= 4 is 10.8 Å². The van der Waals surface area contributed by atoms with Crippen molar-refractivity contribution in [2.45, 2.75) is 0 Å². The summed E-state index contributed by atoms with van der Waals surface area (Å²) < 4.78 is 11.0. The van der Waals surface area contributed by atoms with Crippen molar-refractivity contribution in [2.24, 2.45) is 0 Å². The van der Waals surface area contributed by atoms with E-state index < -0.39 is 0 Å². The molecule has 0 saturated heterocycles. The Labute approximate surface area is 81.3 Å². The predicted molar refractivity (Wildman–Crippen MR) is 52.7 cm³/mol. The van der Waals surface area contributed by atoms with E-state index in [-0.39, 0.29) is 0 Å². The first-order valence-electron chi connectivity index (χ1n) is 4.57. The fraction of sp³-hybridized carbons (Fsp3) is 0.182. The van der Waals surface area contributed by atoms with Gasteiger partial charge in [0.15, 0.2) is 11.5 Å². The Kier molecular flexibility index (Phi) is 1.56. The molecule has 1 aromatic carbocycles. The van der Waals surface area contributed by atoms with Gasteiger partial charge >= 0.3 is 0 Å². The monoisotopic (exact) mass is 187 g/mol. The van der Waals surface area contributed by atoms with Crippen LogP contribution < -0.4 is 9.47 Å². The smallest absolute Gasteiger partial charge is 0.162 e. The van der Waals surface area contributed by atoms with E-state index in [4.69, 9.17) is 9.47 Å². The van der Waals surface area contributed by atoms with Crippen molar-refractivity contribution in [1.82, 2.24) is 4.98 Å². The number of ether oxygens (including phenoxy) is 2. The lowest BCUT2D eigenvalue weighted by atomic mass is 10.1. The zero-order valence-corrected chi connectivity index (χ0v) is 7.56. The van der Waals surface area contributed by atoms with E-state index in [1.807, 2.05) is 24.4 Å². The van der Waals surface area contributed by atoms with Crippen molar-refractivity contribution in [2.75, 3.05) is 13.2 Å². The Morgan fingerprint density at radius 2 is 1.71 bits per heavy atom. The lowest BCUT2D eigenvalue weighted by Gasteiger charge is -2.18. The molecule has 70 valence electrons. The molecule has 2 aromatic rings. The lowest BCUT2D eigenvalue weighted by molar-refractivity contribution is 0.172. The maximum absolute atomic E-state index is 5.49. The third-order valence-corrected chi connectivity index (χ3v) is 2.30. The van der Waals surface area contributed by atoms with Gasteiger partial charge in [-0.3, -0.25) is 4.98 Å². The summed E-state index contributed by atoms with van der Waals surface area (Å²) in [6.45, 7) is 1.25. The molecule has 14 heavy (non-hydrogen) atoms. The van der Waals surface area contributed by atoms with Crippen LogP contribution in [0.15, 0.2) is 30.6 Å². The largest absolute Gasteiger partial charge is 0.486 e. The van der Waals surface area contributed by atoms with E-state index >= 15 is 0 Å². The van der Waals surface area contributed by atoms with Crippen LogP contribution in [0.3, 0.4) is 0 Å². The molecule has 0 radical (unpaired) electrons. The van der Waals surface area contributed by atoms with Crippen LogP contribution in [-0.4, -0.2) is 18.2 Å². The molecule has 3 heteroatoms. The van der Waals surface area contributed by atoms with E-state index in [0.29, 0.717) is 13.2 Å². The molecule has 3 nitrogen and oxygen atoms in total. The number of fused-ring (bicyclic) bond motifs is 2. The second-order valence-electron chi connectivity index (χ2n) is 3.22. The number of hydrogen-bond acceptors (Lipinski definition) is 3. The molecule has 0 unspecified atom stereocenters. The minimum Gasteiger partial charge on any atom is -0.486 e. The summed E-state index contributed by atoms with van der Waals surface area (Å²) in [7, 11) is 0. The van der Waals surface area contributed by atoms with Crippen LogP contribution in [0.1, 0.15) is 0 Å². The van der Waals surface area contributed by atoms with Crippen LogP contribution in [-0.2, 0) is 0 Å². The number of pyridine rings is 1. The van der Waals surface area contributed by atoms with E-state index in [2.05, 4.69) is 4.98 Å². The van der Waals surface area contributed by atoms with Gasteiger partial charge in [-0.05, 0) is 23.6 Å². The quantitative estimate of drug-likeness (QED) is 0.632. The highest BCUT2D eigenvalue weighted by molar-refractivity contribution is 5.85. The average Bonchev–Trinajstić information content (AvgIpc) is 2.26. The third kappa shape index (κ3) is 1.09. The van der Waals surface area contributed by atoms with Crippen LogP contribution in [0, 0.1) is 0 Å². The highest BCUT2D eigenvalue weighted by Gasteiger charge is 2.11. The second kappa shape index (κ2) is 2.87. The first-order chi connectivity index (χ1) is 6.93. The molecule has 0 saturated carbocycles. The number of rotatable bonds is 0. The van der Waals surface area contributed by atoms with Crippen LogP contribution in [0.25, 0.3) is 10.8 Å². The van der Waals surface area contributed by atoms with Gasteiger partial charge in [-0.2, -0.15) is 0 Å². The van der Waals surface area contributed by atoms with Crippen molar-refractivity contribution < 1.29 is 9.47 Å². The second-order valence-corrected chi connectivity index (χ2v) is 3.22. The van der Waals surface area contributed by atoms with Gasteiger partial charge in [-0.15, -0.1) is 0 Å². The third-order valence-electron chi connectivity index (χ3n) is 2.30. The molecule has 1 aromatic heterocycles. The van der Waals surface area contributed by atoms with E-state index in [1.54, 1.807) is 6.20 Å². The maximum atomic E-state index is 5.49. The van der Waals surface area contributed by atoms with E-state index in [9.17, 15) is 0 Å². The van der Waals surface area contributed by atoms with Crippen LogP contribution in [0.5, 0.6) is 11.5 Å². The van der Waals surface area contributed by atoms with Crippen LogP contribution in [0.4, 0.5) is 0 Å². The van der Waals surface area contributed by atoms with Gasteiger partial charge in [0.1, 0.15) is 13.2 Å². The van der Waals surface area contributed by atoms with Gasteiger partial charge in [-0.25, -0.2) is 0 Å². The molecule has 0 N–H and O–H groups in total. The number of benzene rings is 1. The van der Waals surface area contributed by atoms with Gasteiger partial charge < -0.3 is 9.47 Å². The van der Waals surface area contributed by atoms with Gasteiger partial charge in [0.25, 0.3) is 0 Å². The summed E-state index contributed by atoms with van der Waals surface area (Å²) in [5, 5.41) is 2.21. The Morgan fingerprint density at radius 3 is 2.50 bits per heavy atom. The van der Waals surface area contributed by atoms with Crippen molar-refractivity contribution in [1.29, 1.82) is 0 Å². The molecular weight excluding hydrogens is 178 g/mol. The molecule has 0 amide bonds. The predicted octanol–water partition coefficient (Wildman–Crippen LogP) is 2.01. The maximum Gasteiger partial charge on any atom is 0.162 e. The summed E-state index contributed by atoms with van der Waals surface area (Å²) in [6, 6.07) is 5.93. The summed E-state index contributed by atoms with van der Waals surface area (Å²) in [6.07, 6.45) is 3.60. The standard InChI is InChI=1S/C11H9NO2/c1-2-12-7-9-6-11-10(5-8(1)9)13-3-4-14-11/h1-2,5-7H,3-4H2. The van der Waals surface area contributed by atoms with E-state index in [1.165, 1.54) is 0 Å². The number of aromatic nitrogens is 1. The molecule has 1 aliphatic rings. The van der Waals surface area contributed by atoms with Crippen LogP contribution in [0.2, 0.25) is 0 Å². The summed E-state index contributed by atoms with van der Waals surface area (Å²) in [5.74, 6) is 1.65. The zero-order chi connectivity index (χ0) is 9.38. The fourth-order valence-electron chi connectivity index (χ4n) is 1.62. The molecular formula is C11H9NO2. The van der Waals surface area contributed by atoms with Crippen molar-refractivity contribution in [3.05, 3.63) is 30.6 Å². The van der Waals surface area contributed by atoms with Gasteiger partial charge in [0.05, 0.1) is 0 Å². The molecule has 0 bridgehead atoms.